The van der Waals surface area contributed by atoms with Crippen molar-refractivity contribution >= 4 is 11.6 Å². The molecular weight excluding hydrogens is 324 g/mol. The second kappa shape index (κ2) is 5.20. The number of fused-ring (bicyclic) bond motifs is 3. The van der Waals surface area contributed by atoms with Crippen molar-refractivity contribution < 1.29 is 30.0 Å². The van der Waals surface area contributed by atoms with E-state index in [1.807, 2.05) is 0 Å². The summed E-state index contributed by atoms with van der Waals surface area (Å²) < 4.78 is 0. The number of phenols is 1. The molecule has 3 aliphatic rings. The summed E-state index contributed by atoms with van der Waals surface area (Å²) in [7, 11) is 0. The van der Waals surface area contributed by atoms with Crippen LogP contribution in [0.1, 0.15) is 41.8 Å². The van der Waals surface area contributed by atoms with E-state index in [1.165, 1.54) is 13.0 Å². The van der Waals surface area contributed by atoms with Crippen LogP contribution in [-0.2, 0) is 4.79 Å². The molecule has 3 aliphatic carbocycles. The average Bonchev–Trinajstić information content (AvgIpc) is 2.57. The molecule has 0 aromatic heterocycles. The van der Waals surface area contributed by atoms with Gasteiger partial charge in [-0.15, -0.1) is 0 Å². The number of allylic oxidation sites excluding steroid dienone is 3. The molecule has 1 aromatic rings. The third-order valence-electron chi connectivity index (χ3n) is 5.76. The molecule has 0 amide bonds. The lowest BCUT2D eigenvalue weighted by Crippen LogP contribution is -2.42. The van der Waals surface area contributed by atoms with Crippen molar-refractivity contribution in [3.63, 3.8) is 0 Å². The Morgan fingerprint density at radius 2 is 1.84 bits per heavy atom. The van der Waals surface area contributed by atoms with E-state index >= 15 is 0 Å². The molecule has 0 radical (unpaired) electrons. The Balaban J connectivity index is 1.91. The number of aliphatic hydroxyl groups excluding tert-OH is 3. The summed E-state index contributed by atoms with van der Waals surface area (Å²) in [6, 6.07) is 4.47. The molecule has 0 bridgehead atoms. The Bertz CT molecular complexity index is 878. The van der Waals surface area contributed by atoms with Gasteiger partial charge >= 0.3 is 0 Å². The van der Waals surface area contributed by atoms with Crippen molar-refractivity contribution in [3.05, 3.63) is 52.0 Å². The largest absolute Gasteiger partial charge is 0.512 e. The summed E-state index contributed by atoms with van der Waals surface area (Å²) in [6.07, 6.45) is -0.541. The van der Waals surface area contributed by atoms with Gasteiger partial charge in [0.15, 0.2) is 11.6 Å². The maximum atomic E-state index is 12.9. The van der Waals surface area contributed by atoms with Gasteiger partial charge in [0, 0.05) is 23.5 Å². The molecule has 0 spiro atoms. The number of hydrogen-bond acceptors (Lipinski definition) is 6. The quantitative estimate of drug-likeness (QED) is 0.576. The van der Waals surface area contributed by atoms with Gasteiger partial charge in [-0.1, -0.05) is 12.1 Å². The van der Waals surface area contributed by atoms with Gasteiger partial charge in [-0.3, -0.25) is 9.59 Å². The minimum Gasteiger partial charge on any atom is -0.512 e. The minimum absolute atomic E-state index is 0.00262. The van der Waals surface area contributed by atoms with Gasteiger partial charge in [0.1, 0.15) is 11.5 Å². The molecule has 6 heteroatoms. The van der Waals surface area contributed by atoms with Crippen LogP contribution in [0.15, 0.2) is 40.9 Å². The first-order valence-corrected chi connectivity index (χ1v) is 8.23. The predicted octanol–water partition coefficient (Wildman–Crippen LogP) is 2.49. The maximum Gasteiger partial charge on any atom is 0.196 e. The van der Waals surface area contributed by atoms with Crippen molar-refractivity contribution in [2.24, 2.45) is 17.8 Å². The minimum atomic E-state index is -1.07. The second-order valence-corrected chi connectivity index (χ2v) is 7.03. The van der Waals surface area contributed by atoms with Crippen LogP contribution in [0.5, 0.6) is 5.75 Å². The van der Waals surface area contributed by atoms with Gasteiger partial charge in [0.2, 0.25) is 0 Å². The molecule has 4 atom stereocenters. The van der Waals surface area contributed by atoms with Crippen molar-refractivity contribution in [2.45, 2.75) is 25.9 Å². The highest BCUT2D eigenvalue weighted by Gasteiger charge is 2.51. The summed E-state index contributed by atoms with van der Waals surface area (Å²) >= 11 is 0. The van der Waals surface area contributed by atoms with Gasteiger partial charge in [-0.2, -0.15) is 0 Å². The lowest BCUT2D eigenvalue weighted by atomic mass is 9.62. The standard InChI is InChI=1S/C19H18O6/c1-7-12(21)6-8-5-10-15(18(24)13(8)16(7)22)19(25)14-9(17(10)23)3-2-4-11(14)20/h2-4,8,10,13,17,20-21,23-24H,5-6H2,1H3. The van der Waals surface area contributed by atoms with E-state index in [4.69, 9.17) is 0 Å². The van der Waals surface area contributed by atoms with Crippen LogP contribution < -0.4 is 0 Å². The second-order valence-electron chi connectivity index (χ2n) is 7.03. The monoisotopic (exact) mass is 342 g/mol. The van der Waals surface area contributed by atoms with Gasteiger partial charge in [-0.05, 0) is 30.9 Å². The van der Waals surface area contributed by atoms with Gasteiger partial charge in [0.25, 0.3) is 0 Å². The number of hydrogen-bond donors (Lipinski definition) is 4. The number of Topliss-reactive ketones (excluding diaryl/α,β-unsaturated/α-hetero) is 2. The van der Waals surface area contributed by atoms with Gasteiger partial charge in [-0.25, -0.2) is 0 Å². The van der Waals surface area contributed by atoms with Gasteiger partial charge in [0.05, 0.1) is 23.3 Å². The summed E-state index contributed by atoms with van der Waals surface area (Å²) in [4.78, 5) is 25.4. The third kappa shape index (κ3) is 2.00. The van der Waals surface area contributed by atoms with E-state index in [-0.39, 0.29) is 46.3 Å². The first-order chi connectivity index (χ1) is 11.8. The normalized spacial score (nSPS) is 31.6. The first kappa shape index (κ1) is 15.9. The molecule has 130 valence electrons. The zero-order valence-corrected chi connectivity index (χ0v) is 13.6. The topological polar surface area (TPSA) is 115 Å². The number of benzene rings is 1. The van der Waals surface area contributed by atoms with Crippen molar-refractivity contribution in [2.75, 3.05) is 0 Å². The molecule has 0 heterocycles. The number of aliphatic hydroxyl groups is 3. The predicted molar refractivity (Wildman–Crippen MR) is 87.1 cm³/mol. The average molecular weight is 342 g/mol. The lowest BCUT2D eigenvalue weighted by Gasteiger charge is -2.42. The molecule has 4 unspecified atom stereocenters. The number of rotatable bonds is 0. The number of carbonyl (C=O) groups excluding carboxylic acids is 2. The highest BCUT2D eigenvalue weighted by molar-refractivity contribution is 6.14. The zero-order chi connectivity index (χ0) is 18.0. The number of carbonyl (C=O) groups is 2. The van der Waals surface area contributed by atoms with Crippen molar-refractivity contribution in [1.29, 1.82) is 0 Å². The van der Waals surface area contributed by atoms with E-state index in [1.54, 1.807) is 12.1 Å². The van der Waals surface area contributed by atoms with Crippen LogP contribution in [0.4, 0.5) is 0 Å². The summed E-state index contributed by atoms with van der Waals surface area (Å²) in [5.41, 5.74) is 0.497. The molecule has 0 aliphatic heterocycles. The molecule has 0 fully saturated rings. The van der Waals surface area contributed by atoms with Crippen molar-refractivity contribution in [3.8, 4) is 5.75 Å². The summed E-state index contributed by atoms with van der Waals surface area (Å²) in [5.74, 6) is -3.47. The molecular formula is C19H18O6. The fraction of sp³-hybridized carbons (Fsp3) is 0.368. The molecule has 4 N–H and O–H groups in total. The highest BCUT2D eigenvalue weighted by atomic mass is 16.3. The fourth-order valence-electron chi connectivity index (χ4n) is 4.45. The summed E-state index contributed by atoms with van der Waals surface area (Å²) in [5, 5.41) is 41.5. The van der Waals surface area contributed by atoms with E-state index in [0.717, 1.165) is 0 Å². The van der Waals surface area contributed by atoms with Crippen LogP contribution >= 0.6 is 0 Å². The van der Waals surface area contributed by atoms with Gasteiger partial charge < -0.3 is 20.4 Å². The number of phenolic OH excluding ortho intramolecular Hbond substituents is 1. The van der Waals surface area contributed by atoms with Crippen LogP contribution in [0, 0.1) is 17.8 Å². The Morgan fingerprint density at radius 3 is 2.56 bits per heavy atom. The highest BCUT2D eigenvalue weighted by Crippen LogP contribution is 2.52. The van der Waals surface area contributed by atoms with E-state index in [0.29, 0.717) is 12.0 Å². The number of ketones is 2. The molecule has 0 saturated heterocycles. The zero-order valence-electron chi connectivity index (χ0n) is 13.6. The molecule has 0 saturated carbocycles. The van der Waals surface area contributed by atoms with Crippen LogP contribution in [-0.4, -0.2) is 32.0 Å². The molecule has 4 rings (SSSR count). The Morgan fingerprint density at radius 1 is 1.12 bits per heavy atom. The van der Waals surface area contributed by atoms with Crippen LogP contribution in [0.2, 0.25) is 0 Å². The first-order valence-electron chi connectivity index (χ1n) is 8.23. The number of aromatic hydroxyl groups is 1. The van der Waals surface area contributed by atoms with Crippen LogP contribution in [0.3, 0.4) is 0 Å². The molecule has 25 heavy (non-hydrogen) atoms. The van der Waals surface area contributed by atoms with E-state index in [2.05, 4.69) is 0 Å². The van der Waals surface area contributed by atoms with E-state index in [9.17, 15) is 30.0 Å². The van der Waals surface area contributed by atoms with Crippen LogP contribution in [0.25, 0.3) is 0 Å². The van der Waals surface area contributed by atoms with Crippen molar-refractivity contribution in [1.82, 2.24) is 0 Å². The SMILES string of the molecule is CC1=C(O)CC2CC3C(=C(O)C2C1=O)C(=O)c1c(O)cccc1C3O. The molecule has 6 nitrogen and oxygen atoms in total. The third-order valence-corrected chi connectivity index (χ3v) is 5.76. The lowest BCUT2D eigenvalue weighted by molar-refractivity contribution is -0.122. The Kier molecular flexibility index (Phi) is 3.30. The smallest absolute Gasteiger partial charge is 0.196 e. The Labute approximate surface area is 143 Å². The Hall–Kier alpha value is -2.60. The maximum absolute atomic E-state index is 12.9. The summed E-state index contributed by atoms with van der Waals surface area (Å²) in [6.45, 7) is 1.50. The van der Waals surface area contributed by atoms with E-state index < -0.39 is 29.5 Å². The molecule has 1 aromatic carbocycles. The fourth-order valence-corrected chi connectivity index (χ4v) is 4.45.